The van der Waals surface area contributed by atoms with Gasteiger partial charge in [0.15, 0.2) is 0 Å². The average Bonchev–Trinajstić information content (AvgIpc) is 3.10. The molecule has 0 N–H and O–H groups in total. The largest absolute Gasteiger partial charge is 0.276 e. The highest BCUT2D eigenvalue weighted by atomic mass is 16.2. The number of amides is 2. The Kier molecular flexibility index (Phi) is 2.02. The molecule has 126 valence electrons. The smallest absolute Gasteiger partial charge is 0.234 e. The van der Waals surface area contributed by atoms with Crippen LogP contribution in [0, 0.1) is 46.8 Å². The minimum atomic E-state index is -0.0799. The molecular weight excluding hydrogens is 298 g/mol. The first-order valence-corrected chi connectivity index (χ1v) is 10.2. The molecule has 7 fully saturated rings. The molecule has 0 aromatic rings. The highest BCUT2D eigenvalue weighted by Gasteiger charge is 2.75. The third-order valence-corrected chi connectivity index (χ3v) is 9.33. The van der Waals surface area contributed by atoms with Crippen LogP contribution in [0.4, 0.5) is 0 Å². The number of carbonyl (C=O) groups is 2. The first-order valence-electron chi connectivity index (χ1n) is 10.2. The molecule has 0 radical (unpaired) electrons. The molecule has 7 aliphatic carbocycles. The number of fused-ring (bicyclic) bond motifs is 3. The summed E-state index contributed by atoms with van der Waals surface area (Å²) in [5.74, 6) is 3.56. The zero-order chi connectivity index (χ0) is 15.8. The molecule has 1 saturated heterocycles. The van der Waals surface area contributed by atoms with Crippen LogP contribution in [0.2, 0.25) is 0 Å². The normalized spacial score (nSPS) is 57.5. The predicted octanol–water partition coefficient (Wildman–Crippen LogP) is 3.15. The predicted molar refractivity (Wildman–Crippen MR) is 87.5 cm³/mol. The number of carbonyl (C=O) groups excluding carboxylic acids is 2. The Balaban J connectivity index is 1.31. The second-order valence-corrected chi connectivity index (χ2v) is 10.4. The number of rotatable bonds is 1. The lowest BCUT2D eigenvalue weighted by Crippen LogP contribution is -2.62. The number of allylic oxidation sites excluding steroid dienone is 2. The molecule has 3 nitrogen and oxygen atoms in total. The number of likely N-dealkylation sites (tertiary alicyclic amines) is 1. The van der Waals surface area contributed by atoms with E-state index in [0.717, 1.165) is 37.0 Å². The molecule has 3 heteroatoms. The lowest BCUT2D eigenvalue weighted by Gasteiger charge is -2.59. The molecule has 1 heterocycles. The van der Waals surface area contributed by atoms with Gasteiger partial charge < -0.3 is 0 Å². The zero-order valence-electron chi connectivity index (χ0n) is 14.1. The maximum Gasteiger partial charge on any atom is 0.234 e. The van der Waals surface area contributed by atoms with Crippen molar-refractivity contribution < 1.29 is 9.59 Å². The van der Waals surface area contributed by atoms with Gasteiger partial charge in [0, 0.05) is 0 Å². The fraction of sp³-hybridized carbons (Fsp3) is 0.810. The van der Waals surface area contributed by atoms with Gasteiger partial charge in [0.05, 0.1) is 17.4 Å². The quantitative estimate of drug-likeness (QED) is 0.549. The van der Waals surface area contributed by atoms with Crippen LogP contribution in [0.1, 0.15) is 51.4 Å². The van der Waals surface area contributed by atoms with E-state index in [2.05, 4.69) is 12.2 Å². The van der Waals surface area contributed by atoms with Gasteiger partial charge in [0.25, 0.3) is 0 Å². The van der Waals surface area contributed by atoms with Crippen molar-refractivity contribution in [3.63, 3.8) is 0 Å². The van der Waals surface area contributed by atoms with Gasteiger partial charge in [0.2, 0.25) is 11.8 Å². The molecule has 6 saturated carbocycles. The summed E-state index contributed by atoms with van der Waals surface area (Å²) in [6.45, 7) is 0. The van der Waals surface area contributed by atoms with Crippen molar-refractivity contribution in [1.29, 1.82) is 0 Å². The van der Waals surface area contributed by atoms with Gasteiger partial charge in [-0.3, -0.25) is 14.5 Å². The van der Waals surface area contributed by atoms with E-state index in [1.165, 1.54) is 32.1 Å². The molecule has 1 aliphatic heterocycles. The Bertz CT molecular complexity index is 648. The standard InChI is InChI=1S/C21H25NO2/c23-18-16-14-1-2-15(21(14)3-4-21)17(16)19(24)22(18)20-8-11-5-12(9-20)7-13(6-11)10-20/h1-2,11-17H,3-10H2/t11?,12?,13?,14-,15+,16-,17-,20?/m1/s1. The van der Waals surface area contributed by atoms with Gasteiger partial charge in [-0.2, -0.15) is 0 Å². The van der Waals surface area contributed by atoms with E-state index in [9.17, 15) is 9.59 Å². The van der Waals surface area contributed by atoms with Gasteiger partial charge >= 0.3 is 0 Å². The van der Waals surface area contributed by atoms with E-state index in [-0.39, 0.29) is 29.2 Å². The van der Waals surface area contributed by atoms with Gasteiger partial charge in [-0.05, 0) is 86.4 Å². The highest BCUT2D eigenvalue weighted by molar-refractivity contribution is 6.07. The summed E-state index contributed by atoms with van der Waals surface area (Å²) < 4.78 is 0. The number of hydrogen-bond donors (Lipinski definition) is 0. The fourth-order valence-electron chi connectivity index (χ4n) is 8.88. The Morgan fingerprint density at radius 3 is 1.67 bits per heavy atom. The molecule has 8 aliphatic rings. The minimum Gasteiger partial charge on any atom is -0.276 e. The molecule has 8 rings (SSSR count). The average molecular weight is 323 g/mol. The summed E-state index contributed by atoms with van der Waals surface area (Å²) in [4.78, 5) is 28.9. The van der Waals surface area contributed by atoms with Crippen LogP contribution in [0.15, 0.2) is 12.2 Å². The van der Waals surface area contributed by atoms with Crippen LogP contribution in [-0.2, 0) is 9.59 Å². The second kappa shape index (κ2) is 3.68. The van der Waals surface area contributed by atoms with Crippen LogP contribution in [0.25, 0.3) is 0 Å². The molecule has 0 aromatic carbocycles. The molecule has 24 heavy (non-hydrogen) atoms. The topological polar surface area (TPSA) is 37.4 Å². The van der Waals surface area contributed by atoms with Crippen molar-refractivity contribution in [2.24, 2.45) is 46.8 Å². The van der Waals surface area contributed by atoms with Crippen molar-refractivity contribution in [3.05, 3.63) is 12.2 Å². The van der Waals surface area contributed by atoms with E-state index in [4.69, 9.17) is 0 Å². The third-order valence-electron chi connectivity index (χ3n) is 9.33. The first-order chi connectivity index (χ1) is 11.6. The number of hydrogen-bond acceptors (Lipinski definition) is 2. The van der Waals surface area contributed by atoms with E-state index < -0.39 is 0 Å². The van der Waals surface area contributed by atoms with Gasteiger partial charge in [-0.15, -0.1) is 0 Å². The van der Waals surface area contributed by atoms with Crippen molar-refractivity contribution in [2.45, 2.75) is 56.9 Å². The summed E-state index contributed by atoms with van der Waals surface area (Å²) in [6, 6.07) is 0. The molecular formula is C21H25NO2. The van der Waals surface area contributed by atoms with Gasteiger partial charge in [0.1, 0.15) is 0 Å². The van der Waals surface area contributed by atoms with Crippen LogP contribution >= 0.6 is 0 Å². The van der Waals surface area contributed by atoms with Crippen molar-refractivity contribution in [1.82, 2.24) is 4.90 Å². The van der Waals surface area contributed by atoms with Crippen molar-refractivity contribution in [2.75, 3.05) is 0 Å². The zero-order valence-corrected chi connectivity index (χ0v) is 14.1. The number of imide groups is 1. The van der Waals surface area contributed by atoms with Crippen LogP contribution < -0.4 is 0 Å². The van der Waals surface area contributed by atoms with E-state index in [1.807, 2.05) is 4.90 Å². The molecule has 0 aromatic heterocycles. The van der Waals surface area contributed by atoms with Crippen molar-refractivity contribution in [3.8, 4) is 0 Å². The minimum absolute atomic E-state index is 0.00278. The summed E-state index contributed by atoms with van der Waals surface area (Å²) in [5, 5.41) is 0. The van der Waals surface area contributed by atoms with Gasteiger partial charge in [-0.1, -0.05) is 12.2 Å². The highest BCUT2D eigenvalue weighted by Crippen LogP contribution is 2.74. The Labute approximate surface area is 142 Å². The SMILES string of the molecule is O=C1[C@H]2[C@H](C(=O)N1C13CC4CC(CC(C4)C1)C3)[C@@H]1C=C[C@H]2C12CC2. The summed E-state index contributed by atoms with van der Waals surface area (Å²) >= 11 is 0. The van der Waals surface area contributed by atoms with Crippen molar-refractivity contribution >= 4 is 11.8 Å². The summed E-state index contributed by atoms with van der Waals surface area (Å²) in [5.41, 5.74) is 0.248. The maximum absolute atomic E-state index is 13.5. The van der Waals surface area contributed by atoms with E-state index in [1.54, 1.807) is 0 Å². The summed E-state index contributed by atoms with van der Waals surface area (Å²) in [7, 11) is 0. The molecule has 2 amide bonds. The Hall–Kier alpha value is -1.12. The molecule has 6 bridgehead atoms. The van der Waals surface area contributed by atoms with Crippen LogP contribution in [0.3, 0.4) is 0 Å². The first kappa shape index (κ1) is 13.1. The lowest BCUT2D eigenvalue weighted by molar-refractivity contribution is -0.160. The number of nitrogens with zero attached hydrogens (tertiary/aromatic N) is 1. The van der Waals surface area contributed by atoms with E-state index in [0.29, 0.717) is 17.3 Å². The van der Waals surface area contributed by atoms with E-state index >= 15 is 0 Å². The third kappa shape index (κ3) is 1.23. The van der Waals surface area contributed by atoms with Crippen LogP contribution in [0.5, 0.6) is 0 Å². The lowest BCUT2D eigenvalue weighted by atomic mass is 9.52. The monoisotopic (exact) mass is 323 g/mol. The summed E-state index contributed by atoms with van der Waals surface area (Å²) in [6.07, 6.45) is 14.5. The Morgan fingerprint density at radius 2 is 1.25 bits per heavy atom. The fourth-order valence-corrected chi connectivity index (χ4v) is 8.88. The molecule has 4 atom stereocenters. The second-order valence-electron chi connectivity index (χ2n) is 10.4. The molecule has 1 spiro atoms. The molecule has 0 unspecified atom stereocenters. The Morgan fingerprint density at radius 1 is 0.792 bits per heavy atom. The van der Waals surface area contributed by atoms with Crippen LogP contribution in [-0.4, -0.2) is 22.3 Å². The maximum atomic E-state index is 13.5. The van der Waals surface area contributed by atoms with Gasteiger partial charge in [-0.25, -0.2) is 0 Å².